The van der Waals surface area contributed by atoms with Crippen molar-refractivity contribution in [2.75, 3.05) is 0 Å². The van der Waals surface area contributed by atoms with E-state index >= 15 is 0 Å². The summed E-state index contributed by atoms with van der Waals surface area (Å²) in [7, 11) is -16.2. The van der Waals surface area contributed by atoms with Crippen LogP contribution >= 0.6 is 23.5 Å². The van der Waals surface area contributed by atoms with Crippen LogP contribution in [0.1, 0.15) is 0 Å². The van der Waals surface area contributed by atoms with Crippen molar-refractivity contribution >= 4 is 332 Å². The van der Waals surface area contributed by atoms with Gasteiger partial charge in [0.05, 0.1) is 0 Å². The van der Waals surface area contributed by atoms with Crippen LogP contribution in [0, 0.1) is 0 Å². The van der Waals surface area contributed by atoms with Gasteiger partial charge in [-0.25, -0.2) is 13.7 Å². The quantitative estimate of drug-likeness (QED) is 0.0955. The fourth-order valence-electron chi connectivity index (χ4n) is 2.01. The Balaban J connectivity index is -0.000000240. The Labute approximate surface area is 426 Å². The van der Waals surface area contributed by atoms with E-state index in [9.17, 15) is 29.0 Å². The van der Waals surface area contributed by atoms with Gasteiger partial charge in [-0.3, -0.25) is 13.6 Å². The number of aliphatic hydroxyl groups excluding tert-OH is 3. The van der Waals surface area contributed by atoms with Gasteiger partial charge in [0.25, 0.3) is 0 Å². The summed E-state index contributed by atoms with van der Waals surface area (Å²) < 4.78 is 44.7. The van der Waals surface area contributed by atoms with E-state index in [4.69, 9.17) is 29.4 Å². The molecule has 6 atom stereocenters. The molecule has 0 aliphatic heterocycles. The second-order valence-corrected chi connectivity index (χ2v) is 8.23. The average molecular weight is 655 g/mol. The average Bonchev–Trinajstić information content (AvgIpc) is 2.32. The van der Waals surface area contributed by atoms with Crippen LogP contribution in [0.4, 0.5) is 0 Å². The van der Waals surface area contributed by atoms with Gasteiger partial charge in [-0.05, 0) is 0 Å². The predicted molar refractivity (Wildman–Crippen MR) is 103 cm³/mol. The normalized spacial score (nSPS) is 28.7. The molecule has 0 bridgehead atoms. The Morgan fingerprint density at radius 3 is 0.900 bits per heavy atom. The second-order valence-electron chi connectivity index (χ2n) is 4.65. The largest absolute Gasteiger partial charge is 0.470 e. The second kappa shape index (κ2) is 23.5. The van der Waals surface area contributed by atoms with Crippen LogP contribution in [-0.2, 0) is 27.3 Å². The SMILES string of the molecule is O=P(O)(O)O[C@H]1[C@H](O)[C@@H](O)[C@H](OP(=O)(O)O)[C@@H](OP(=O)(O)O)[C@H]1O.[K].[K].[K].[K].[K].[K]. The third-order valence-corrected chi connectivity index (χ3v) is 4.35. The van der Waals surface area contributed by atoms with Crippen molar-refractivity contribution in [1.82, 2.24) is 0 Å². The molecular formula is C6H15K6O15P3. The number of phosphoric acid groups is 3. The molecular weight excluding hydrogens is 640 g/mol. The van der Waals surface area contributed by atoms with Gasteiger partial charge in [0.15, 0.2) is 0 Å². The minimum Gasteiger partial charge on any atom is -0.387 e. The molecule has 1 aliphatic rings. The minimum absolute atomic E-state index is 0. The maximum absolute atomic E-state index is 10.9. The van der Waals surface area contributed by atoms with E-state index in [1.807, 2.05) is 0 Å². The van der Waals surface area contributed by atoms with Gasteiger partial charge in [-0.2, -0.15) is 0 Å². The van der Waals surface area contributed by atoms with Crippen molar-refractivity contribution in [3.05, 3.63) is 0 Å². The summed E-state index contributed by atoms with van der Waals surface area (Å²) in [4.78, 5) is 52.4. The molecule has 150 valence electrons. The molecule has 1 aliphatic carbocycles. The van der Waals surface area contributed by atoms with E-state index in [-0.39, 0.29) is 308 Å². The van der Waals surface area contributed by atoms with Gasteiger partial charge in [0, 0.05) is 308 Å². The van der Waals surface area contributed by atoms with Crippen molar-refractivity contribution < 1.29 is 71.9 Å². The van der Waals surface area contributed by atoms with Crippen molar-refractivity contribution in [2.45, 2.75) is 36.6 Å². The van der Waals surface area contributed by atoms with Gasteiger partial charge in [0.2, 0.25) is 0 Å². The topological polar surface area (TPSA) is 261 Å². The zero-order chi connectivity index (χ0) is 19.1. The number of phosphoric ester groups is 3. The molecule has 0 amide bonds. The molecule has 30 heavy (non-hydrogen) atoms. The van der Waals surface area contributed by atoms with E-state index < -0.39 is 60.1 Å². The molecule has 15 nitrogen and oxygen atoms in total. The Kier molecular flexibility index (Phi) is 41.2. The molecule has 1 fully saturated rings. The standard InChI is InChI=1S/C6H15O15P3.6K/c7-1-2(8)5(20-23(13,14)15)6(21-24(16,17)18)3(9)4(1)19-22(10,11)12;;;;;;/h1-9H,(H2,10,11,12)(H2,13,14,15)(H2,16,17,18);;;;;;/t1-,2-,3+,4+,5+,6+;;;;;;/m1....../s1. The Morgan fingerprint density at radius 1 is 0.433 bits per heavy atom. The van der Waals surface area contributed by atoms with Crippen LogP contribution in [0.2, 0.25) is 0 Å². The summed E-state index contributed by atoms with van der Waals surface area (Å²) in [5.74, 6) is 0. The molecule has 1 rings (SSSR count). The summed E-state index contributed by atoms with van der Waals surface area (Å²) in [6.45, 7) is 0. The Hall–Kier alpha value is 10.0. The summed E-state index contributed by atoms with van der Waals surface area (Å²) >= 11 is 0. The fraction of sp³-hybridized carbons (Fsp3) is 1.00. The van der Waals surface area contributed by atoms with Gasteiger partial charge in [0.1, 0.15) is 36.6 Å². The van der Waals surface area contributed by atoms with Crippen molar-refractivity contribution in [3.8, 4) is 0 Å². The van der Waals surface area contributed by atoms with Crippen molar-refractivity contribution in [2.24, 2.45) is 0 Å². The monoisotopic (exact) mass is 654 g/mol. The van der Waals surface area contributed by atoms with E-state index in [0.717, 1.165) is 0 Å². The molecule has 6 radical (unpaired) electrons. The molecule has 24 heteroatoms. The summed E-state index contributed by atoms with van der Waals surface area (Å²) in [5.41, 5.74) is 0. The number of rotatable bonds is 6. The first-order chi connectivity index (χ1) is 10.5. The Morgan fingerprint density at radius 2 is 0.633 bits per heavy atom. The van der Waals surface area contributed by atoms with E-state index in [1.54, 1.807) is 0 Å². The van der Waals surface area contributed by atoms with Crippen molar-refractivity contribution in [1.29, 1.82) is 0 Å². The third-order valence-electron chi connectivity index (χ3n) is 2.80. The molecule has 0 aromatic rings. The van der Waals surface area contributed by atoms with Gasteiger partial charge in [-0.1, -0.05) is 0 Å². The molecule has 0 aromatic heterocycles. The number of hydrogen-bond acceptors (Lipinski definition) is 9. The molecule has 0 spiro atoms. The third kappa shape index (κ3) is 21.7. The maximum atomic E-state index is 10.9. The summed E-state index contributed by atoms with van der Waals surface area (Å²) in [6.07, 6.45) is -14.3. The molecule has 0 saturated heterocycles. The molecule has 9 N–H and O–H groups in total. The molecule has 0 aromatic carbocycles. The van der Waals surface area contributed by atoms with E-state index in [1.165, 1.54) is 0 Å². The van der Waals surface area contributed by atoms with Crippen LogP contribution in [0.25, 0.3) is 0 Å². The first kappa shape index (κ1) is 52.7. The first-order valence-corrected chi connectivity index (χ1v) is 10.4. The summed E-state index contributed by atoms with van der Waals surface area (Å²) in [6, 6.07) is 0. The van der Waals surface area contributed by atoms with Crippen LogP contribution in [0.15, 0.2) is 0 Å². The van der Waals surface area contributed by atoms with Crippen molar-refractivity contribution in [3.63, 3.8) is 0 Å². The minimum atomic E-state index is -5.43. The van der Waals surface area contributed by atoms with Gasteiger partial charge < -0.3 is 44.7 Å². The zero-order valence-corrected chi connectivity index (χ0v) is 38.7. The number of aliphatic hydroxyl groups is 3. The molecule has 0 heterocycles. The smallest absolute Gasteiger partial charge is 0.387 e. The first-order valence-electron chi connectivity index (χ1n) is 5.78. The van der Waals surface area contributed by atoms with Crippen LogP contribution < -0.4 is 0 Å². The van der Waals surface area contributed by atoms with Crippen LogP contribution in [0.5, 0.6) is 0 Å². The molecule has 1 saturated carbocycles. The molecule has 0 unspecified atom stereocenters. The van der Waals surface area contributed by atoms with E-state index in [2.05, 4.69) is 13.6 Å². The summed E-state index contributed by atoms with van der Waals surface area (Å²) in [5, 5.41) is 29.3. The predicted octanol–water partition coefficient (Wildman–Crippen LogP) is -5.77. The van der Waals surface area contributed by atoms with Gasteiger partial charge >= 0.3 is 23.5 Å². The maximum Gasteiger partial charge on any atom is 0.470 e. The van der Waals surface area contributed by atoms with Crippen LogP contribution in [-0.4, -0.2) is 390 Å². The number of hydrogen-bond donors (Lipinski definition) is 9. The fourth-order valence-corrected chi connectivity index (χ4v) is 3.70. The Bertz CT molecular complexity index is 595. The van der Waals surface area contributed by atoms with E-state index in [0.29, 0.717) is 0 Å². The van der Waals surface area contributed by atoms with Gasteiger partial charge in [-0.15, -0.1) is 0 Å². The zero-order valence-electron chi connectivity index (χ0n) is 17.3. The van der Waals surface area contributed by atoms with Crippen LogP contribution in [0.3, 0.4) is 0 Å².